The molecule has 0 saturated heterocycles. The average molecular weight is 380 g/mol. The summed E-state index contributed by atoms with van der Waals surface area (Å²) in [5.74, 6) is 2.72. The number of allylic oxidation sites excluding steroid dienone is 1. The highest BCUT2D eigenvalue weighted by Crippen LogP contribution is 2.20. The zero-order chi connectivity index (χ0) is 20.1. The van der Waals surface area contributed by atoms with Crippen LogP contribution in [0.2, 0.25) is 0 Å². The number of carbonyl (C=O) groups is 1. The van der Waals surface area contributed by atoms with E-state index in [1.807, 2.05) is 64.2 Å². The Labute approximate surface area is 164 Å². The number of aryl methyl sites for hydroxylation is 2. The third kappa shape index (κ3) is 4.52. The molecule has 0 aliphatic carbocycles. The summed E-state index contributed by atoms with van der Waals surface area (Å²) in [4.78, 5) is 12.4. The minimum absolute atomic E-state index is 0.0910. The van der Waals surface area contributed by atoms with Crippen LogP contribution >= 0.6 is 0 Å². The first-order chi connectivity index (χ1) is 13.5. The van der Waals surface area contributed by atoms with Gasteiger partial charge in [0.05, 0.1) is 17.9 Å². The summed E-state index contributed by atoms with van der Waals surface area (Å²) in [6.45, 7) is 6.59. The standard InChI is InChI=1S/C22H24N2O4/c1-5-26-17-6-8-18(9-7-17)27-14-20-11-10-19(28-20)12-13-21(25)22-15(2)23-24(4)16(22)3/h6-13H,5,14H2,1-4H3/b13-12+. The monoisotopic (exact) mass is 380 g/mol. The molecule has 0 amide bonds. The van der Waals surface area contributed by atoms with Gasteiger partial charge in [-0.05, 0) is 69.3 Å². The summed E-state index contributed by atoms with van der Waals surface area (Å²) < 4.78 is 18.5. The Morgan fingerprint density at radius 2 is 1.79 bits per heavy atom. The van der Waals surface area contributed by atoms with Gasteiger partial charge in [0.2, 0.25) is 0 Å². The molecule has 2 aromatic heterocycles. The van der Waals surface area contributed by atoms with Crippen molar-refractivity contribution in [3.05, 3.63) is 70.9 Å². The second kappa shape index (κ2) is 8.61. The van der Waals surface area contributed by atoms with E-state index in [9.17, 15) is 4.79 Å². The maximum Gasteiger partial charge on any atom is 0.189 e. The Morgan fingerprint density at radius 3 is 2.39 bits per heavy atom. The molecule has 6 heteroatoms. The Hall–Kier alpha value is -3.28. The molecule has 6 nitrogen and oxygen atoms in total. The lowest BCUT2D eigenvalue weighted by Gasteiger charge is -2.06. The molecule has 0 saturated carbocycles. The van der Waals surface area contributed by atoms with Crippen LogP contribution in [0.3, 0.4) is 0 Å². The molecule has 2 heterocycles. The molecule has 0 aliphatic heterocycles. The van der Waals surface area contributed by atoms with Crippen molar-refractivity contribution in [3.8, 4) is 11.5 Å². The van der Waals surface area contributed by atoms with Crippen molar-refractivity contribution < 1.29 is 18.7 Å². The van der Waals surface area contributed by atoms with Crippen LogP contribution in [0.4, 0.5) is 0 Å². The Kier molecular flexibility index (Phi) is 5.99. The number of ether oxygens (including phenoxy) is 2. The lowest BCUT2D eigenvalue weighted by Crippen LogP contribution is -1.99. The van der Waals surface area contributed by atoms with Gasteiger partial charge in [-0.15, -0.1) is 0 Å². The van der Waals surface area contributed by atoms with Gasteiger partial charge in [-0.3, -0.25) is 9.48 Å². The average Bonchev–Trinajstić information content (AvgIpc) is 3.23. The van der Waals surface area contributed by atoms with Gasteiger partial charge >= 0.3 is 0 Å². The predicted octanol–water partition coefficient (Wildman–Crippen LogP) is 4.50. The van der Waals surface area contributed by atoms with Crippen LogP contribution in [0.25, 0.3) is 6.08 Å². The van der Waals surface area contributed by atoms with E-state index in [-0.39, 0.29) is 5.78 Å². The number of carbonyl (C=O) groups excluding carboxylic acids is 1. The van der Waals surface area contributed by atoms with Crippen molar-refractivity contribution in [2.24, 2.45) is 7.05 Å². The number of hydrogen-bond acceptors (Lipinski definition) is 5. The van der Waals surface area contributed by atoms with Crippen molar-refractivity contribution in [2.75, 3.05) is 6.61 Å². The van der Waals surface area contributed by atoms with Gasteiger partial charge in [0.25, 0.3) is 0 Å². The van der Waals surface area contributed by atoms with Crippen LogP contribution in [-0.4, -0.2) is 22.2 Å². The van der Waals surface area contributed by atoms with E-state index in [2.05, 4.69) is 5.10 Å². The van der Waals surface area contributed by atoms with Crippen LogP contribution in [0.15, 0.2) is 46.9 Å². The Morgan fingerprint density at radius 1 is 1.11 bits per heavy atom. The molecule has 3 rings (SSSR count). The molecule has 28 heavy (non-hydrogen) atoms. The van der Waals surface area contributed by atoms with Crippen molar-refractivity contribution >= 4 is 11.9 Å². The third-order valence-corrected chi connectivity index (χ3v) is 4.35. The van der Waals surface area contributed by atoms with Gasteiger partial charge in [-0.2, -0.15) is 5.10 Å². The zero-order valence-electron chi connectivity index (χ0n) is 16.6. The molecule has 146 valence electrons. The molecule has 0 fully saturated rings. The maximum absolute atomic E-state index is 12.4. The van der Waals surface area contributed by atoms with Crippen LogP contribution in [0.1, 0.15) is 40.2 Å². The minimum Gasteiger partial charge on any atom is -0.494 e. The largest absolute Gasteiger partial charge is 0.494 e. The highest BCUT2D eigenvalue weighted by Gasteiger charge is 2.15. The molecule has 0 unspecified atom stereocenters. The van der Waals surface area contributed by atoms with E-state index in [4.69, 9.17) is 13.9 Å². The van der Waals surface area contributed by atoms with E-state index < -0.39 is 0 Å². The fourth-order valence-electron chi connectivity index (χ4n) is 2.89. The second-order valence-corrected chi connectivity index (χ2v) is 6.36. The topological polar surface area (TPSA) is 66.5 Å². The number of benzene rings is 1. The maximum atomic E-state index is 12.4. The normalized spacial score (nSPS) is 11.1. The first-order valence-corrected chi connectivity index (χ1v) is 9.15. The van der Waals surface area contributed by atoms with Crippen LogP contribution in [0.5, 0.6) is 11.5 Å². The number of furan rings is 1. The summed E-state index contributed by atoms with van der Waals surface area (Å²) in [7, 11) is 1.83. The van der Waals surface area contributed by atoms with E-state index >= 15 is 0 Å². The quantitative estimate of drug-likeness (QED) is 0.425. The smallest absolute Gasteiger partial charge is 0.189 e. The SMILES string of the molecule is CCOc1ccc(OCc2ccc(/C=C/C(=O)c3c(C)nn(C)c3C)o2)cc1. The molecule has 1 aromatic carbocycles. The number of hydrogen-bond donors (Lipinski definition) is 0. The first kappa shape index (κ1) is 19.5. The molecule has 0 atom stereocenters. The molecule has 0 radical (unpaired) electrons. The summed E-state index contributed by atoms with van der Waals surface area (Å²) in [5, 5.41) is 4.27. The van der Waals surface area contributed by atoms with Gasteiger partial charge in [0.1, 0.15) is 29.6 Å². The van der Waals surface area contributed by atoms with Crippen molar-refractivity contribution in [1.29, 1.82) is 0 Å². The van der Waals surface area contributed by atoms with E-state index in [0.29, 0.717) is 30.3 Å². The van der Waals surface area contributed by atoms with Crippen molar-refractivity contribution in [2.45, 2.75) is 27.4 Å². The van der Waals surface area contributed by atoms with Gasteiger partial charge in [-0.25, -0.2) is 0 Å². The van der Waals surface area contributed by atoms with Crippen LogP contribution in [-0.2, 0) is 13.7 Å². The van der Waals surface area contributed by atoms with Gasteiger partial charge in [-0.1, -0.05) is 0 Å². The van der Waals surface area contributed by atoms with E-state index in [1.165, 1.54) is 6.08 Å². The fourth-order valence-corrected chi connectivity index (χ4v) is 2.89. The number of rotatable bonds is 8. The molecule has 0 spiro atoms. The Balaban J connectivity index is 1.59. The van der Waals surface area contributed by atoms with Gasteiger partial charge in [0.15, 0.2) is 5.78 Å². The molecular formula is C22H24N2O4. The number of nitrogens with zero attached hydrogens (tertiary/aromatic N) is 2. The minimum atomic E-state index is -0.0910. The van der Waals surface area contributed by atoms with Crippen LogP contribution in [0, 0.1) is 13.8 Å². The number of aromatic nitrogens is 2. The molecule has 0 N–H and O–H groups in total. The molecule has 0 bridgehead atoms. The highest BCUT2D eigenvalue weighted by atomic mass is 16.5. The van der Waals surface area contributed by atoms with Gasteiger partial charge in [0, 0.05) is 12.7 Å². The lowest BCUT2D eigenvalue weighted by atomic mass is 10.1. The first-order valence-electron chi connectivity index (χ1n) is 9.15. The summed E-state index contributed by atoms with van der Waals surface area (Å²) in [6, 6.07) is 11.1. The van der Waals surface area contributed by atoms with Crippen molar-refractivity contribution in [1.82, 2.24) is 9.78 Å². The number of ketones is 1. The molecule has 3 aromatic rings. The third-order valence-electron chi connectivity index (χ3n) is 4.35. The predicted molar refractivity (Wildman–Crippen MR) is 107 cm³/mol. The fraction of sp³-hybridized carbons (Fsp3) is 0.273. The zero-order valence-corrected chi connectivity index (χ0v) is 16.6. The van der Waals surface area contributed by atoms with E-state index in [1.54, 1.807) is 10.8 Å². The Bertz CT molecular complexity index is 981. The molecule has 0 aliphatic rings. The summed E-state index contributed by atoms with van der Waals surface area (Å²) in [5.41, 5.74) is 2.19. The highest BCUT2D eigenvalue weighted by molar-refractivity contribution is 6.08. The van der Waals surface area contributed by atoms with Gasteiger partial charge < -0.3 is 13.9 Å². The summed E-state index contributed by atoms with van der Waals surface area (Å²) >= 11 is 0. The summed E-state index contributed by atoms with van der Waals surface area (Å²) in [6.07, 6.45) is 3.17. The second-order valence-electron chi connectivity index (χ2n) is 6.36. The molecular weight excluding hydrogens is 356 g/mol. The van der Waals surface area contributed by atoms with Crippen molar-refractivity contribution in [3.63, 3.8) is 0 Å². The van der Waals surface area contributed by atoms with Crippen LogP contribution < -0.4 is 9.47 Å². The lowest BCUT2D eigenvalue weighted by molar-refractivity contribution is 0.104. The van der Waals surface area contributed by atoms with E-state index in [0.717, 1.165) is 22.9 Å².